The highest BCUT2D eigenvalue weighted by molar-refractivity contribution is 9.11. The van der Waals surface area contributed by atoms with E-state index < -0.39 is 21.6 Å². The van der Waals surface area contributed by atoms with Crippen LogP contribution in [0.25, 0.3) is 0 Å². The van der Waals surface area contributed by atoms with Gasteiger partial charge in [0.05, 0.1) is 10.5 Å². The number of benzene rings is 1. The second-order valence-corrected chi connectivity index (χ2v) is 6.98. The van der Waals surface area contributed by atoms with Gasteiger partial charge in [0.2, 0.25) is 0 Å². The number of halogens is 5. The van der Waals surface area contributed by atoms with E-state index in [4.69, 9.17) is 0 Å². The zero-order valence-corrected chi connectivity index (χ0v) is 11.5. The van der Waals surface area contributed by atoms with Crippen molar-refractivity contribution in [1.82, 2.24) is 0 Å². The molecule has 0 aromatic heterocycles. The molecule has 1 aromatic carbocycles. The fraction of sp³-hybridized carbons (Fsp3) is 0.250. The molecule has 2 nitrogen and oxygen atoms in total. The van der Waals surface area contributed by atoms with Crippen molar-refractivity contribution in [2.24, 2.45) is 0 Å². The van der Waals surface area contributed by atoms with Gasteiger partial charge in [-0.3, -0.25) is 0 Å². The zero-order chi connectivity index (χ0) is 12.6. The van der Waals surface area contributed by atoms with Crippen LogP contribution in [0.15, 0.2) is 27.6 Å². The lowest BCUT2D eigenvalue weighted by Crippen LogP contribution is -2.07. The second-order valence-electron chi connectivity index (χ2n) is 2.87. The summed E-state index contributed by atoms with van der Waals surface area (Å²) >= 11 is 5.58. The normalized spacial score (nSPS) is 12.8. The summed E-state index contributed by atoms with van der Waals surface area (Å²) in [6.07, 6.45) is -4.49. The Morgan fingerprint density at radius 1 is 1.25 bits per heavy atom. The van der Waals surface area contributed by atoms with Gasteiger partial charge < -0.3 is 0 Å². The number of sulfone groups is 1. The predicted octanol–water partition coefficient (Wildman–Crippen LogP) is 3.59. The maximum atomic E-state index is 12.3. The second kappa shape index (κ2) is 4.66. The van der Waals surface area contributed by atoms with Crippen LogP contribution in [0.1, 0.15) is 5.56 Å². The van der Waals surface area contributed by atoms with Crippen LogP contribution >= 0.6 is 31.9 Å². The molecule has 1 aromatic rings. The molecule has 0 saturated carbocycles. The monoisotopic (exact) mass is 380 g/mol. The van der Waals surface area contributed by atoms with Gasteiger partial charge in [-0.05, 0) is 34.1 Å². The smallest absolute Gasteiger partial charge is 0.223 e. The molecular weight excluding hydrogens is 377 g/mol. The summed E-state index contributed by atoms with van der Waals surface area (Å²) in [6.45, 7) is 0. The molecule has 1 rings (SSSR count). The SMILES string of the molecule is O=S(=O)(CBr)c1ccc(C(F)(F)F)cc1Br. The average molecular weight is 382 g/mol. The Bertz CT molecular complexity index is 496. The molecule has 90 valence electrons. The highest BCUT2D eigenvalue weighted by Gasteiger charge is 2.31. The third-order valence-corrected chi connectivity index (χ3v) is 5.78. The predicted molar refractivity (Wildman–Crippen MR) is 60.1 cm³/mol. The molecule has 8 heteroatoms. The first kappa shape index (κ1) is 14.0. The molecule has 0 atom stereocenters. The van der Waals surface area contributed by atoms with Crippen molar-refractivity contribution in [1.29, 1.82) is 0 Å². The summed E-state index contributed by atoms with van der Waals surface area (Å²) in [5.74, 6) is 0. The van der Waals surface area contributed by atoms with Crippen molar-refractivity contribution in [3.05, 3.63) is 28.2 Å². The van der Waals surface area contributed by atoms with Crippen LogP contribution in [0.3, 0.4) is 0 Å². The van der Waals surface area contributed by atoms with Crippen molar-refractivity contribution in [3.63, 3.8) is 0 Å². The first-order valence-electron chi connectivity index (χ1n) is 3.84. The maximum Gasteiger partial charge on any atom is 0.416 e. The van der Waals surface area contributed by atoms with Crippen LogP contribution in [0.4, 0.5) is 13.2 Å². The first-order valence-corrected chi connectivity index (χ1v) is 7.40. The topological polar surface area (TPSA) is 34.1 Å². The summed E-state index contributed by atoms with van der Waals surface area (Å²) in [4.78, 5) is -0.169. The quantitative estimate of drug-likeness (QED) is 0.733. The lowest BCUT2D eigenvalue weighted by atomic mass is 10.2. The molecular formula is C8H5Br2F3O2S. The Hall–Kier alpha value is -0.0800. The number of rotatable bonds is 2. The Morgan fingerprint density at radius 2 is 1.81 bits per heavy atom. The number of hydrogen-bond donors (Lipinski definition) is 0. The van der Waals surface area contributed by atoms with Gasteiger partial charge in [-0.15, -0.1) is 0 Å². The molecule has 0 aliphatic carbocycles. The van der Waals surface area contributed by atoms with Gasteiger partial charge in [-0.25, -0.2) is 8.42 Å². The van der Waals surface area contributed by atoms with Crippen molar-refractivity contribution in [2.45, 2.75) is 11.1 Å². The van der Waals surface area contributed by atoms with E-state index in [2.05, 4.69) is 31.9 Å². The molecule has 0 N–H and O–H groups in total. The van der Waals surface area contributed by atoms with E-state index >= 15 is 0 Å². The molecule has 0 aliphatic heterocycles. The summed E-state index contributed by atoms with van der Waals surface area (Å²) in [5, 5.41) is 0. The van der Waals surface area contributed by atoms with Crippen molar-refractivity contribution in [3.8, 4) is 0 Å². The minimum Gasteiger partial charge on any atom is -0.223 e. The summed E-state index contributed by atoms with van der Waals surface area (Å²) < 4.78 is 59.3. The minimum atomic E-state index is -4.49. The molecule has 0 amide bonds. The van der Waals surface area contributed by atoms with Crippen LogP contribution in [0.2, 0.25) is 0 Å². The highest BCUT2D eigenvalue weighted by atomic mass is 79.9. The van der Waals surface area contributed by atoms with Crippen LogP contribution in [-0.2, 0) is 16.0 Å². The van der Waals surface area contributed by atoms with Crippen LogP contribution < -0.4 is 0 Å². The Kier molecular flexibility index (Phi) is 4.07. The lowest BCUT2D eigenvalue weighted by molar-refractivity contribution is -0.137. The summed E-state index contributed by atoms with van der Waals surface area (Å²) in [6, 6.07) is 2.42. The molecule has 0 heterocycles. The molecule has 16 heavy (non-hydrogen) atoms. The van der Waals surface area contributed by atoms with Gasteiger partial charge in [0.25, 0.3) is 0 Å². The zero-order valence-electron chi connectivity index (χ0n) is 7.55. The summed E-state index contributed by atoms with van der Waals surface area (Å²) in [7, 11) is -3.59. The largest absolute Gasteiger partial charge is 0.416 e. The van der Waals surface area contributed by atoms with Gasteiger partial charge in [0.1, 0.15) is 4.66 Å². The van der Waals surface area contributed by atoms with Gasteiger partial charge in [-0.2, -0.15) is 13.2 Å². The van der Waals surface area contributed by atoms with E-state index in [0.29, 0.717) is 0 Å². The van der Waals surface area contributed by atoms with Gasteiger partial charge >= 0.3 is 6.18 Å². The van der Waals surface area contributed by atoms with E-state index in [-0.39, 0.29) is 14.0 Å². The van der Waals surface area contributed by atoms with E-state index in [0.717, 1.165) is 18.2 Å². The van der Waals surface area contributed by atoms with E-state index in [1.807, 2.05) is 0 Å². The van der Waals surface area contributed by atoms with E-state index in [1.165, 1.54) is 0 Å². The molecule has 0 aliphatic rings. The van der Waals surface area contributed by atoms with E-state index in [9.17, 15) is 21.6 Å². The molecule has 0 bridgehead atoms. The van der Waals surface area contributed by atoms with E-state index in [1.54, 1.807) is 0 Å². The van der Waals surface area contributed by atoms with Crippen LogP contribution in [0, 0.1) is 0 Å². The molecule has 0 spiro atoms. The summed E-state index contributed by atoms with van der Waals surface area (Å²) in [5.41, 5.74) is -0.895. The standard InChI is InChI=1S/C8H5Br2F3O2S/c9-4-16(14,15)7-2-1-5(3-6(7)10)8(11,12)13/h1-3H,4H2. The maximum absolute atomic E-state index is 12.3. The Morgan fingerprint density at radius 3 is 2.19 bits per heavy atom. The fourth-order valence-electron chi connectivity index (χ4n) is 0.988. The average Bonchev–Trinajstić information content (AvgIpc) is 2.16. The molecule has 0 fully saturated rings. The van der Waals surface area contributed by atoms with Crippen molar-refractivity contribution >= 4 is 41.7 Å². The molecule has 0 unspecified atom stereocenters. The first-order chi connectivity index (χ1) is 7.18. The Balaban J connectivity index is 3.32. The number of hydrogen-bond acceptors (Lipinski definition) is 2. The third kappa shape index (κ3) is 2.98. The third-order valence-electron chi connectivity index (χ3n) is 1.74. The van der Waals surface area contributed by atoms with Crippen LogP contribution in [-0.4, -0.2) is 13.1 Å². The minimum absolute atomic E-state index is 0.0956. The molecule has 0 radical (unpaired) electrons. The van der Waals surface area contributed by atoms with Crippen LogP contribution in [0.5, 0.6) is 0 Å². The van der Waals surface area contributed by atoms with Crippen molar-refractivity contribution in [2.75, 3.05) is 4.66 Å². The van der Waals surface area contributed by atoms with Gasteiger partial charge in [0, 0.05) is 4.47 Å². The highest BCUT2D eigenvalue weighted by Crippen LogP contribution is 2.33. The van der Waals surface area contributed by atoms with Gasteiger partial charge in [0.15, 0.2) is 9.84 Å². The number of alkyl halides is 4. The Labute approximate surface area is 107 Å². The fourth-order valence-corrected chi connectivity index (χ4v) is 3.60. The van der Waals surface area contributed by atoms with Crippen molar-refractivity contribution < 1.29 is 21.6 Å². The molecule has 0 saturated heterocycles. The van der Waals surface area contributed by atoms with Gasteiger partial charge in [-0.1, -0.05) is 15.9 Å². The lowest BCUT2D eigenvalue weighted by Gasteiger charge is -2.09.